The van der Waals surface area contributed by atoms with E-state index in [1.165, 1.54) is 12.4 Å². The van der Waals surface area contributed by atoms with Crippen molar-refractivity contribution in [1.29, 1.82) is 0 Å². The van der Waals surface area contributed by atoms with Gasteiger partial charge in [0.15, 0.2) is 5.82 Å². The van der Waals surface area contributed by atoms with Gasteiger partial charge in [-0.2, -0.15) is 0 Å². The number of aromatic amines is 4. The fourth-order valence-corrected chi connectivity index (χ4v) is 9.76. The SMILES string of the molecule is CC(C)(C)NC(=O)C1=CC(NC(C)(C)C)=CC1.CC(C)(C)NC(=O)c1c[nH]c(NC(C)(C)C)c1.CC(C)(C)NC(=O)c1ccc(NC(C)(C)C)[nH]1.CC(C)(C)NC(=O)c1cccc(NC(C)(C)C)c1.CC(C)(C)NC(=O)c1cnc(NC(C)(C)C)[nH]1.CC(C)(C)NC(=O)c1cnc(NC(C)(C)C)o1.CC(C)(C)NC(=O)c1ncc(NC(C)(C)C)[nH]1. The Labute approximate surface area is 719 Å². The lowest BCUT2D eigenvalue weighted by Gasteiger charge is -2.23. The van der Waals surface area contributed by atoms with Crippen LogP contribution in [0.3, 0.4) is 0 Å². The van der Waals surface area contributed by atoms with Crippen LogP contribution in [-0.4, -0.2) is 154 Å². The second-order valence-electron chi connectivity index (χ2n) is 44.6. The summed E-state index contributed by atoms with van der Waals surface area (Å²) in [5.41, 5.74) is 3.21. The molecule has 18 N–H and O–H groups in total. The maximum atomic E-state index is 12.0. The number of oxazole rings is 1. The number of rotatable bonds is 14. The van der Waals surface area contributed by atoms with Crippen molar-refractivity contribution in [2.24, 2.45) is 0 Å². The zero-order valence-corrected chi connectivity index (χ0v) is 81.3. The summed E-state index contributed by atoms with van der Waals surface area (Å²) >= 11 is 0. The van der Waals surface area contributed by atoms with Crippen LogP contribution in [0.4, 0.5) is 35.1 Å². The van der Waals surface area contributed by atoms with Crippen molar-refractivity contribution >= 4 is 76.5 Å². The molecule has 676 valence electrons. The topological polar surface area (TPSA) is 403 Å². The van der Waals surface area contributed by atoms with Crippen LogP contribution in [0.25, 0.3) is 0 Å². The molecule has 0 bridgehead atoms. The molecule has 29 heteroatoms. The summed E-state index contributed by atoms with van der Waals surface area (Å²) in [5, 5.41) is 43.1. The second-order valence-corrected chi connectivity index (χ2v) is 44.6. The van der Waals surface area contributed by atoms with Gasteiger partial charge in [0.2, 0.25) is 17.6 Å². The fourth-order valence-electron chi connectivity index (χ4n) is 9.76. The molecular weight excluding hydrogens is 1520 g/mol. The number of nitrogens with zero attached hydrogens (tertiary/aromatic N) is 3. The number of amides is 7. The monoisotopic (exact) mass is 1670 g/mol. The number of carbonyl (C=O) groups is 7. The molecule has 0 unspecified atom stereocenters. The molecule has 7 rings (SSSR count). The predicted octanol–water partition coefficient (Wildman–Crippen LogP) is 18.1. The van der Waals surface area contributed by atoms with Gasteiger partial charge < -0.3 is 98.8 Å². The summed E-state index contributed by atoms with van der Waals surface area (Å²) in [6.07, 6.45) is 11.0. The van der Waals surface area contributed by atoms with E-state index >= 15 is 0 Å². The van der Waals surface area contributed by atoms with Gasteiger partial charge in [0.1, 0.15) is 28.8 Å². The van der Waals surface area contributed by atoms with E-state index < -0.39 is 0 Å². The molecule has 0 saturated heterocycles. The van der Waals surface area contributed by atoms with E-state index in [-0.39, 0.29) is 125 Å². The number of benzene rings is 1. The second kappa shape index (κ2) is 42.3. The average molecular weight is 1680 g/mol. The van der Waals surface area contributed by atoms with E-state index in [2.05, 4.69) is 198 Å². The molecule has 0 radical (unpaired) electrons. The first-order valence-corrected chi connectivity index (χ1v) is 41.2. The lowest BCUT2D eigenvalue weighted by Crippen LogP contribution is -2.41. The Morgan fingerprint density at radius 3 is 1.19 bits per heavy atom. The van der Waals surface area contributed by atoms with Gasteiger partial charge in [-0.15, -0.1) is 0 Å². The lowest BCUT2D eigenvalue weighted by molar-refractivity contribution is -0.118. The van der Waals surface area contributed by atoms with E-state index in [0.29, 0.717) is 46.7 Å². The lowest BCUT2D eigenvalue weighted by atomic mass is 10.1. The largest absolute Gasteiger partial charge is 0.418 e. The quantitative estimate of drug-likeness (QED) is 0.0481. The summed E-state index contributed by atoms with van der Waals surface area (Å²) < 4.78 is 5.33. The van der Waals surface area contributed by atoms with E-state index in [0.717, 1.165) is 34.4 Å². The zero-order valence-electron chi connectivity index (χ0n) is 81.3. The van der Waals surface area contributed by atoms with Crippen molar-refractivity contribution in [2.45, 2.75) is 375 Å². The highest BCUT2D eigenvalue weighted by Gasteiger charge is 2.27. The highest BCUT2D eigenvalue weighted by atomic mass is 16.4. The minimum Gasteiger partial charge on any atom is -0.418 e. The van der Waals surface area contributed by atoms with Crippen LogP contribution in [0, 0.1) is 0 Å². The first-order valence-electron chi connectivity index (χ1n) is 41.2. The van der Waals surface area contributed by atoms with Crippen molar-refractivity contribution < 1.29 is 38.0 Å². The average Bonchev–Trinajstić information content (AvgIpc) is 1.58. The predicted molar refractivity (Wildman–Crippen MR) is 497 cm³/mol. The van der Waals surface area contributed by atoms with Gasteiger partial charge >= 0.3 is 0 Å². The van der Waals surface area contributed by atoms with Gasteiger partial charge in [-0.05, 0) is 340 Å². The summed E-state index contributed by atoms with van der Waals surface area (Å²) in [4.78, 5) is 107. The number of imidazole rings is 2. The third kappa shape index (κ3) is 53.3. The third-order valence-electron chi connectivity index (χ3n) is 13.5. The third-order valence-corrected chi connectivity index (χ3v) is 13.5. The van der Waals surface area contributed by atoms with Gasteiger partial charge in [0, 0.05) is 106 Å². The molecule has 6 aromatic rings. The van der Waals surface area contributed by atoms with Crippen molar-refractivity contribution in [3.63, 3.8) is 0 Å². The summed E-state index contributed by atoms with van der Waals surface area (Å²) in [7, 11) is 0. The normalized spacial score (nSPS) is 12.9. The summed E-state index contributed by atoms with van der Waals surface area (Å²) in [6.45, 7) is 84.3. The van der Waals surface area contributed by atoms with E-state index in [1.54, 1.807) is 18.5 Å². The standard InChI is InChI=1S/C15H24N2O.C14H24N2O.2C13H23N3O.2C12H22N4O.C12H21N3O2/c1-14(2,3)16-12-9-7-8-11(10-12)13(18)17-15(4,5)6;1-13(2,3)15-11-8-7-10(9-11)12(17)16-14(4,5)6;1-12(2,3)15-10-7-9(8-14-10)11(17)16-13(4,5)6;1-12(2,3)15-10-8-7-9(14-10)11(17)16-13(4,5)6;1-11(2,3)15-8-7-13-9(14-8)10(17)16-12(4,5)6;1-11(2,3)15-9(17)8-7-13-10(14-8)16-12(4,5)6;1-11(2,3)14-9(16)8-7-13-10(17-8)15-12(4,5)6/h7-10,16H,1-6H3,(H,17,18);8-9,15H,7H2,1-6H3,(H,16,17);2*7-8,14-15H,1-6H3,(H,16,17);7,15H,1-6H3,(H,13,14)(H,16,17);7H,1-6H3,(H,15,17)(H2,13,14,16);7H,1-6H3,(H,13,15)(H,14,16). The number of allylic oxidation sites excluding steroid dienone is 2. The van der Waals surface area contributed by atoms with Crippen molar-refractivity contribution in [1.82, 2.24) is 77.4 Å². The number of H-pyrrole nitrogens is 4. The number of hydrogen-bond donors (Lipinski definition) is 18. The van der Waals surface area contributed by atoms with Gasteiger partial charge in [-0.1, -0.05) is 12.1 Å². The smallest absolute Gasteiger partial charge is 0.295 e. The molecule has 1 aliphatic carbocycles. The molecule has 0 saturated carbocycles. The molecule has 1 aliphatic rings. The number of hydrogen-bond acceptors (Lipinski definition) is 18. The highest BCUT2D eigenvalue weighted by molar-refractivity contribution is 5.97. The van der Waals surface area contributed by atoms with Gasteiger partial charge in [0.05, 0.1) is 24.2 Å². The fraction of sp³-hybridized carbons (Fsp3) is 0.626. The minimum absolute atomic E-state index is 0.0148. The van der Waals surface area contributed by atoms with Crippen LogP contribution in [-0.2, 0) is 4.79 Å². The van der Waals surface area contributed by atoms with Gasteiger partial charge in [-0.3, -0.25) is 33.6 Å². The van der Waals surface area contributed by atoms with Crippen LogP contribution in [0.15, 0.2) is 95.1 Å². The summed E-state index contributed by atoms with van der Waals surface area (Å²) in [6, 6.07) is 13.4. The van der Waals surface area contributed by atoms with Gasteiger partial charge in [-0.25, -0.2) is 15.0 Å². The van der Waals surface area contributed by atoms with E-state index in [4.69, 9.17) is 4.42 Å². The Morgan fingerprint density at radius 2 is 0.733 bits per heavy atom. The van der Waals surface area contributed by atoms with Crippen molar-refractivity contribution in [3.8, 4) is 0 Å². The van der Waals surface area contributed by atoms with Crippen LogP contribution in [0.1, 0.15) is 360 Å². The number of nitrogens with one attached hydrogen (secondary N) is 18. The number of aromatic nitrogens is 7. The first-order chi connectivity index (χ1) is 53.5. The molecule has 0 aliphatic heterocycles. The Morgan fingerprint density at radius 1 is 0.325 bits per heavy atom. The molecule has 1 aromatic carbocycles. The molecule has 5 heterocycles. The molecular formula is C91H159N21O8. The Kier molecular flexibility index (Phi) is 38.0. The van der Waals surface area contributed by atoms with E-state index in [1.807, 2.05) is 250 Å². The Bertz CT molecular complexity index is 3850. The maximum Gasteiger partial charge on any atom is 0.295 e. The van der Waals surface area contributed by atoms with Crippen molar-refractivity contribution in [3.05, 3.63) is 125 Å². The van der Waals surface area contributed by atoms with E-state index in [9.17, 15) is 33.6 Å². The van der Waals surface area contributed by atoms with Crippen molar-refractivity contribution in [2.75, 3.05) is 31.9 Å². The molecule has 0 atom stereocenters. The Hall–Kier alpha value is -10.2. The molecule has 5 aromatic heterocycles. The first kappa shape index (κ1) is 108. The highest BCUT2D eigenvalue weighted by Crippen LogP contribution is 2.24. The molecule has 0 spiro atoms. The minimum atomic E-state index is -0.290. The molecule has 7 amide bonds. The zero-order chi connectivity index (χ0) is 93.6. The summed E-state index contributed by atoms with van der Waals surface area (Å²) in [5.74, 6) is 2.85. The van der Waals surface area contributed by atoms with Crippen LogP contribution >= 0.6 is 0 Å². The van der Waals surface area contributed by atoms with Crippen LogP contribution in [0.5, 0.6) is 0 Å². The molecule has 29 nitrogen and oxygen atoms in total. The Balaban J connectivity index is 0.000000700. The van der Waals surface area contributed by atoms with Crippen LogP contribution in [0.2, 0.25) is 0 Å². The number of carbonyl (C=O) groups excluding carboxylic acids is 7. The maximum absolute atomic E-state index is 12.0. The van der Waals surface area contributed by atoms with Crippen LogP contribution < -0.4 is 74.4 Å². The van der Waals surface area contributed by atoms with Gasteiger partial charge in [0.25, 0.3) is 41.5 Å². The molecule has 120 heavy (non-hydrogen) atoms. The number of anilines is 6. The molecule has 0 fully saturated rings.